The van der Waals surface area contributed by atoms with Crippen LogP contribution in [-0.2, 0) is 12.3 Å². The maximum absolute atomic E-state index is 13.1. The Hall–Kier alpha value is -1.54. The summed E-state index contributed by atoms with van der Waals surface area (Å²) >= 11 is 1.36. The van der Waals surface area contributed by atoms with E-state index in [0.717, 1.165) is 12.6 Å². The second-order valence-electron chi connectivity index (χ2n) is 4.98. The first-order valence-corrected chi connectivity index (χ1v) is 7.76. The Morgan fingerprint density at radius 1 is 1.24 bits per heavy atom. The zero-order valence-corrected chi connectivity index (χ0v) is 12.1. The average molecular weight is 311 g/mol. The van der Waals surface area contributed by atoms with Crippen molar-refractivity contribution >= 4 is 11.8 Å². The average Bonchev–Trinajstić information content (AvgIpc) is 3.14. The summed E-state index contributed by atoms with van der Waals surface area (Å²) < 4.78 is 27.9. The summed E-state index contributed by atoms with van der Waals surface area (Å²) in [5.74, 6) is -0.719. The smallest absolute Gasteiger partial charge is 0.209 e. The van der Waals surface area contributed by atoms with Crippen molar-refractivity contribution in [2.45, 2.75) is 36.3 Å². The zero-order valence-electron chi connectivity index (χ0n) is 11.3. The van der Waals surface area contributed by atoms with Gasteiger partial charge in [-0.2, -0.15) is 0 Å². The van der Waals surface area contributed by atoms with Crippen LogP contribution in [0.4, 0.5) is 8.78 Å². The number of hydrogen-bond donors (Lipinski definition) is 1. The van der Waals surface area contributed by atoms with E-state index >= 15 is 0 Å². The lowest BCUT2D eigenvalue weighted by Crippen LogP contribution is -2.22. The summed E-state index contributed by atoms with van der Waals surface area (Å²) in [4.78, 5) is 0. The standard InChI is InChI=1S/C13H15F2N5S/c14-10-5-9(6-11(15)7-10)8-21-13-17-18-19-20(13)4-3-16-12-1-2-12/h5-7,12,16H,1-4,8H2. The molecule has 0 atom stereocenters. The Bertz CT molecular complexity index is 594. The Kier molecular flexibility index (Phi) is 4.45. The molecule has 8 heteroatoms. The normalized spacial score (nSPS) is 14.6. The minimum absolute atomic E-state index is 0.422. The third kappa shape index (κ3) is 4.21. The Labute approximate surface area is 125 Å². The Morgan fingerprint density at radius 3 is 2.71 bits per heavy atom. The molecule has 112 valence electrons. The summed E-state index contributed by atoms with van der Waals surface area (Å²) in [6.45, 7) is 1.50. The lowest BCUT2D eigenvalue weighted by Gasteiger charge is -2.05. The molecule has 0 aliphatic heterocycles. The molecule has 0 bridgehead atoms. The molecule has 1 aromatic heterocycles. The Balaban J connectivity index is 1.55. The summed E-state index contributed by atoms with van der Waals surface area (Å²) in [7, 11) is 0. The maximum atomic E-state index is 13.1. The lowest BCUT2D eigenvalue weighted by molar-refractivity contribution is 0.509. The van der Waals surface area contributed by atoms with E-state index in [2.05, 4.69) is 20.8 Å². The van der Waals surface area contributed by atoms with Crippen molar-refractivity contribution in [1.82, 2.24) is 25.5 Å². The van der Waals surface area contributed by atoms with Crippen LogP contribution in [-0.4, -0.2) is 32.8 Å². The predicted octanol–water partition coefficient (Wildman–Crippen LogP) is 2.00. The van der Waals surface area contributed by atoms with Crippen molar-refractivity contribution in [2.75, 3.05) is 6.54 Å². The van der Waals surface area contributed by atoms with Crippen LogP contribution in [0.15, 0.2) is 23.4 Å². The first-order valence-electron chi connectivity index (χ1n) is 6.78. The summed E-state index contributed by atoms with van der Waals surface area (Å²) in [5.41, 5.74) is 0.572. The molecule has 3 rings (SSSR count). The Morgan fingerprint density at radius 2 is 2.00 bits per heavy atom. The van der Waals surface area contributed by atoms with Gasteiger partial charge in [-0.05, 0) is 41.0 Å². The molecule has 1 aliphatic rings. The molecule has 5 nitrogen and oxygen atoms in total. The van der Waals surface area contributed by atoms with E-state index in [9.17, 15) is 8.78 Å². The van der Waals surface area contributed by atoms with E-state index in [-0.39, 0.29) is 0 Å². The maximum Gasteiger partial charge on any atom is 0.209 e. The van der Waals surface area contributed by atoms with Gasteiger partial charge in [-0.3, -0.25) is 0 Å². The monoisotopic (exact) mass is 311 g/mol. The van der Waals surface area contributed by atoms with Crippen LogP contribution in [0, 0.1) is 11.6 Å². The summed E-state index contributed by atoms with van der Waals surface area (Å²) in [5, 5.41) is 15.6. The molecule has 0 unspecified atom stereocenters. The van der Waals surface area contributed by atoms with E-state index in [0.29, 0.717) is 29.1 Å². The largest absolute Gasteiger partial charge is 0.312 e. The number of nitrogens with one attached hydrogen (secondary N) is 1. The van der Waals surface area contributed by atoms with Crippen LogP contribution in [0.5, 0.6) is 0 Å². The van der Waals surface area contributed by atoms with Gasteiger partial charge in [0.05, 0.1) is 6.54 Å². The predicted molar refractivity (Wildman–Crippen MR) is 74.8 cm³/mol. The lowest BCUT2D eigenvalue weighted by atomic mass is 10.2. The van der Waals surface area contributed by atoms with Gasteiger partial charge in [0, 0.05) is 24.4 Å². The molecule has 1 fully saturated rings. The highest BCUT2D eigenvalue weighted by Crippen LogP contribution is 2.21. The van der Waals surface area contributed by atoms with Crippen LogP contribution >= 0.6 is 11.8 Å². The number of benzene rings is 1. The van der Waals surface area contributed by atoms with E-state index in [1.807, 2.05) is 0 Å². The van der Waals surface area contributed by atoms with Gasteiger partial charge in [0.1, 0.15) is 11.6 Å². The van der Waals surface area contributed by atoms with E-state index in [4.69, 9.17) is 0 Å². The zero-order chi connectivity index (χ0) is 14.7. The molecular weight excluding hydrogens is 296 g/mol. The van der Waals surface area contributed by atoms with E-state index in [1.54, 1.807) is 4.68 Å². The van der Waals surface area contributed by atoms with Crippen molar-refractivity contribution in [3.8, 4) is 0 Å². The van der Waals surface area contributed by atoms with Gasteiger partial charge in [-0.25, -0.2) is 13.5 Å². The second-order valence-corrected chi connectivity index (χ2v) is 5.92. The molecule has 1 saturated carbocycles. The number of aromatic nitrogens is 4. The molecule has 0 amide bonds. The molecular formula is C13H15F2N5S. The summed E-state index contributed by atoms with van der Waals surface area (Å²) in [6, 6.07) is 4.15. The second kappa shape index (κ2) is 6.48. The first kappa shape index (κ1) is 14.4. The molecule has 0 radical (unpaired) electrons. The fourth-order valence-corrected chi connectivity index (χ4v) is 2.78. The van der Waals surface area contributed by atoms with Gasteiger partial charge < -0.3 is 5.32 Å². The summed E-state index contributed by atoms with van der Waals surface area (Å²) in [6.07, 6.45) is 2.48. The minimum Gasteiger partial charge on any atom is -0.312 e. The van der Waals surface area contributed by atoms with Crippen LogP contribution in [0.1, 0.15) is 18.4 Å². The third-order valence-electron chi connectivity index (χ3n) is 3.12. The topological polar surface area (TPSA) is 55.6 Å². The van der Waals surface area contributed by atoms with Gasteiger partial charge in [-0.1, -0.05) is 11.8 Å². The number of thioether (sulfide) groups is 1. The number of nitrogens with zero attached hydrogens (tertiary/aromatic N) is 4. The highest BCUT2D eigenvalue weighted by Gasteiger charge is 2.20. The van der Waals surface area contributed by atoms with Crippen molar-refractivity contribution in [3.05, 3.63) is 35.4 Å². The number of tetrazole rings is 1. The van der Waals surface area contributed by atoms with Crippen LogP contribution in [0.2, 0.25) is 0 Å². The van der Waals surface area contributed by atoms with E-state index < -0.39 is 11.6 Å². The third-order valence-corrected chi connectivity index (χ3v) is 4.15. The van der Waals surface area contributed by atoms with Crippen LogP contribution < -0.4 is 5.32 Å². The first-order chi connectivity index (χ1) is 10.2. The number of hydrogen-bond acceptors (Lipinski definition) is 5. The highest BCUT2D eigenvalue weighted by molar-refractivity contribution is 7.98. The van der Waals surface area contributed by atoms with Crippen LogP contribution in [0.3, 0.4) is 0 Å². The van der Waals surface area contributed by atoms with E-state index in [1.165, 1.54) is 36.7 Å². The van der Waals surface area contributed by atoms with Crippen molar-refractivity contribution in [1.29, 1.82) is 0 Å². The molecule has 1 heterocycles. The molecule has 0 saturated heterocycles. The molecule has 21 heavy (non-hydrogen) atoms. The van der Waals surface area contributed by atoms with Crippen LogP contribution in [0.25, 0.3) is 0 Å². The van der Waals surface area contributed by atoms with Gasteiger partial charge in [0.15, 0.2) is 0 Å². The van der Waals surface area contributed by atoms with Gasteiger partial charge in [-0.15, -0.1) is 5.10 Å². The van der Waals surface area contributed by atoms with Gasteiger partial charge in [0.25, 0.3) is 0 Å². The fraction of sp³-hybridized carbons (Fsp3) is 0.462. The van der Waals surface area contributed by atoms with Gasteiger partial charge in [0.2, 0.25) is 5.16 Å². The van der Waals surface area contributed by atoms with Crippen molar-refractivity contribution < 1.29 is 8.78 Å². The quantitative estimate of drug-likeness (QED) is 0.793. The van der Waals surface area contributed by atoms with Crippen molar-refractivity contribution in [3.63, 3.8) is 0 Å². The molecule has 1 aromatic carbocycles. The van der Waals surface area contributed by atoms with Crippen molar-refractivity contribution in [2.24, 2.45) is 0 Å². The number of rotatable bonds is 7. The SMILES string of the molecule is Fc1cc(F)cc(CSc2nnnn2CCNC2CC2)c1. The fourth-order valence-electron chi connectivity index (χ4n) is 1.94. The molecule has 1 N–H and O–H groups in total. The number of halogens is 2. The van der Waals surface area contributed by atoms with Gasteiger partial charge >= 0.3 is 0 Å². The highest BCUT2D eigenvalue weighted by atomic mass is 32.2. The molecule has 0 spiro atoms. The molecule has 2 aromatic rings. The minimum atomic E-state index is -0.571. The molecule has 1 aliphatic carbocycles.